The molecule has 1 aliphatic heterocycles. The third kappa shape index (κ3) is 2.72. The molecular weight excluding hydrogens is 306 g/mol. The lowest BCUT2D eigenvalue weighted by Gasteiger charge is -2.19. The Labute approximate surface area is 120 Å². The standard InChI is InChI=1S/C14H16BrN3O/c1-9-5-6-10(8-11(9)15)14-17-13(18-19-14)12-4-2-3-7-16-12/h5-6,8,12,16H,2-4,7H2,1H3. The summed E-state index contributed by atoms with van der Waals surface area (Å²) in [5.41, 5.74) is 2.14. The van der Waals surface area contributed by atoms with Gasteiger partial charge in [-0.05, 0) is 44.0 Å². The van der Waals surface area contributed by atoms with E-state index in [2.05, 4.69) is 38.3 Å². The summed E-state index contributed by atoms with van der Waals surface area (Å²) < 4.78 is 6.43. The summed E-state index contributed by atoms with van der Waals surface area (Å²) in [6.45, 7) is 3.09. The van der Waals surface area contributed by atoms with Crippen molar-refractivity contribution in [3.8, 4) is 11.5 Å². The molecule has 1 saturated heterocycles. The highest BCUT2D eigenvalue weighted by molar-refractivity contribution is 9.10. The number of benzene rings is 1. The number of nitrogens with one attached hydrogen (secondary N) is 1. The molecule has 1 fully saturated rings. The first kappa shape index (κ1) is 12.8. The van der Waals surface area contributed by atoms with Gasteiger partial charge in [0.1, 0.15) is 0 Å². The molecule has 5 heteroatoms. The Hall–Kier alpha value is -1.20. The lowest BCUT2D eigenvalue weighted by molar-refractivity contribution is 0.367. The molecule has 0 aliphatic carbocycles. The Kier molecular flexibility index (Phi) is 3.66. The van der Waals surface area contributed by atoms with E-state index in [1.807, 2.05) is 18.2 Å². The molecule has 1 aromatic heterocycles. The molecule has 0 bridgehead atoms. The zero-order valence-corrected chi connectivity index (χ0v) is 12.4. The molecule has 2 aromatic rings. The fourth-order valence-corrected chi connectivity index (χ4v) is 2.67. The van der Waals surface area contributed by atoms with Crippen molar-refractivity contribution in [3.63, 3.8) is 0 Å². The van der Waals surface area contributed by atoms with Crippen LogP contribution in [0.1, 0.15) is 36.7 Å². The lowest BCUT2D eigenvalue weighted by atomic mass is 10.0. The van der Waals surface area contributed by atoms with Crippen molar-refractivity contribution < 1.29 is 4.52 Å². The minimum atomic E-state index is 0.236. The first-order chi connectivity index (χ1) is 9.24. The van der Waals surface area contributed by atoms with Gasteiger partial charge in [-0.1, -0.05) is 33.6 Å². The number of aromatic nitrogens is 2. The second kappa shape index (κ2) is 5.43. The highest BCUT2D eigenvalue weighted by Crippen LogP contribution is 2.27. The van der Waals surface area contributed by atoms with E-state index in [4.69, 9.17) is 4.52 Å². The van der Waals surface area contributed by atoms with Crippen molar-refractivity contribution in [1.82, 2.24) is 15.5 Å². The fourth-order valence-electron chi connectivity index (χ4n) is 2.29. The zero-order chi connectivity index (χ0) is 13.2. The highest BCUT2D eigenvalue weighted by atomic mass is 79.9. The van der Waals surface area contributed by atoms with Gasteiger partial charge >= 0.3 is 0 Å². The van der Waals surface area contributed by atoms with Gasteiger partial charge in [-0.3, -0.25) is 0 Å². The second-order valence-electron chi connectivity index (χ2n) is 4.92. The first-order valence-electron chi connectivity index (χ1n) is 6.57. The SMILES string of the molecule is Cc1ccc(-c2nc(C3CCCCN3)no2)cc1Br. The minimum absolute atomic E-state index is 0.236. The Balaban J connectivity index is 1.85. The molecule has 1 aromatic carbocycles. The van der Waals surface area contributed by atoms with E-state index in [0.29, 0.717) is 5.89 Å². The largest absolute Gasteiger partial charge is 0.334 e. The second-order valence-corrected chi connectivity index (χ2v) is 5.78. The number of halogens is 1. The van der Waals surface area contributed by atoms with Gasteiger partial charge in [-0.2, -0.15) is 4.98 Å². The van der Waals surface area contributed by atoms with Gasteiger partial charge in [0.2, 0.25) is 0 Å². The molecule has 1 N–H and O–H groups in total. The summed E-state index contributed by atoms with van der Waals surface area (Å²) in [5, 5.41) is 7.53. The molecule has 3 rings (SSSR count). The van der Waals surface area contributed by atoms with E-state index < -0.39 is 0 Å². The van der Waals surface area contributed by atoms with Crippen LogP contribution in [0.5, 0.6) is 0 Å². The molecule has 1 unspecified atom stereocenters. The van der Waals surface area contributed by atoms with E-state index in [1.165, 1.54) is 18.4 Å². The number of hydrogen-bond acceptors (Lipinski definition) is 4. The summed E-state index contributed by atoms with van der Waals surface area (Å²) in [5.74, 6) is 1.36. The molecule has 1 aliphatic rings. The van der Waals surface area contributed by atoms with E-state index in [0.717, 1.165) is 28.8 Å². The van der Waals surface area contributed by atoms with Crippen LogP contribution in [0.3, 0.4) is 0 Å². The van der Waals surface area contributed by atoms with Crippen molar-refractivity contribution >= 4 is 15.9 Å². The summed E-state index contributed by atoms with van der Waals surface area (Å²) in [6, 6.07) is 6.30. The van der Waals surface area contributed by atoms with Crippen molar-refractivity contribution in [1.29, 1.82) is 0 Å². The van der Waals surface area contributed by atoms with Crippen LogP contribution in [0.25, 0.3) is 11.5 Å². The quantitative estimate of drug-likeness (QED) is 0.917. The maximum absolute atomic E-state index is 5.38. The topological polar surface area (TPSA) is 51.0 Å². The van der Waals surface area contributed by atoms with Crippen LogP contribution in [-0.4, -0.2) is 16.7 Å². The highest BCUT2D eigenvalue weighted by Gasteiger charge is 2.20. The summed E-state index contributed by atoms with van der Waals surface area (Å²) in [6.07, 6.45) is 3.53. The maximum Gasteiger partial charge on any atom is 0.258 e. The normalized spacial score (nSPS) is 19.6. The third-order valence-electron chi connectivity index (χ3n) is 3.48. The molecule has 0 amide bonds. The van der Waals surface area contributed by atoms with Crippen LogP contribution >= 0.6 is 15.9 Å². The average molecular weight is 322 g/mol. The maximum atomic E-state index is 5.38. The monoisotopic (exact) mass is 321 g/mol. The van der Waals surface area contributed by atoms with Crippen molar-refractivity contribution in [2.45, 2.75) is 32.2 Å². The number of rotatable bonds is 2. The first-order valence-corrected chi connectivity index (χ1v) is 7.37. The summed E-state index contributed by atoms with van der Waals surface area (Å²) >= 11 is 3.52. The lowest BCUT2D eigenvalue weighted by Crippen LogP contribution is -2.27. The van der Waals surface area contributed by atoms with Crippen molar-refractivity contribution in [2.24, 2.45) is 0 Å². The van der Waals surface area contributed by atoms with Crippen LogP contribution in [0, 0.1) is 6.92 Å². The molecule has 19 heavy (non-hydrogen) atoms. The Morgan fingerprint density at radius 1 is 1.37 bits per heavy atom. The van der Waals surface area contributed by atoms with Gasteiger partial charge < -0.3 is 9.84 Å². The number of nitrogens with zero attached hydrogens (tertiary/aromatic N) is 2. The molecule has 1 atom stereocenters. The molecule has 0 radical (unpaired) electrons. The van der Waals surface area contributed by atoms with Crippen LogP contribution in [-0.2, 0) is 0 Å². The predicted octanol–water partition coefficient (Wildman–Crippen LogP) is 3.62. The number of hydrogen-bond donors (Lipinski definition) is 1. The van der Waals surface area contributed by atoms with Gasteiger partial charge in [-0.15, -0.1) is 0 Å². The predicted molar refractivity (Wildman–Crippen MR) is 76.8 cm³/mol. The van der Waals surface area contributed by atoms with Crippen molar-refractivity contribution in [2.75, 3.05) is 6.54 Å². The summed E-state index contributed by atoms with van der Waals surface area (Å²) in [7, 11) is 0. The molecule has 2 heterocycles. The van der Waals surface area contributed by atoms with E-state index in [1.54, 1.807) is 0 Å². The van der Waals surface area contributed by atoms with Gasteiger partial charge in [-0.25, -0.2) is 0 Å². The van der Waals surface area contributed by atoms with Crippen LogP contribution < -0.4 is 5.32 Å². The van der Waals surface area contributed by atoms with Crippen LogP contribution in [0.4, 0.5) is 0 Å². The number of aryl methyl sites for hydroxylation is 1. The van der Waals surface area contributed by atoms with E-state index >= 15 is 0 Å². The van der Waals surface area contributed by atoms with Gasteiger partial charge in [0.25, 0.3) is 5.89 Å². The summed E-state index contributed by atoms with van der Waals surface area (Å²) in [4.78, 5) is 4.51. The molecule has 4 nitrogen and oxygen atoms in total. The van der Waals surface area contributed by atoms with Crippen LogP contribution in [0.15, 0.2) is 27.2 Å². The van der Waals surface area contributed by atoms with Crippen LogP contribution in [0.2, 0.25) is 0 Å². The van der Waals surface area contributed by atoms with Gasteiger partial charge in [0, 0.05) is 10.0 Å². The van der Waals surface area contributed by atoms with E-state index in [-0.39, 0.29) is 6.04 Å². The minimum Gasteiger partial charge on any atom is -0.334 e. The van der Waals surface area contributed by atoms with E-state index in [9.17, 15) is 0 Å². The average Bonchev–Trinajstić information content (AvgIpc) is 2.93. The zero-order valence-electron chi connectivity index (χ0n) is 10.8. The Morgan fingerprint density at radius 2 is 2.26 bits per heavy atom. The van der Waals surface area contributed by atoms with Crippen molar-refractivity contribution in [3.05, 3.63) is 34.1 Å². The molecular formula is C14H16BrN3O. The Morgan fingerprint density at radius 3 is 3.00 bits per heavy atom. The molecule has 0 spiro atoms. The molecule has 0 saturated carbocycles. The smallest absolute Gasteiger partial charge is 0.258 e. The third-order valence-corrected chi connectivity index (χ3v) is 4.34. The fraction of sp³-hybridized carbons (Fsp3) is 0.429. The van der Waals surface area contributed by atoms with Gasteiger partial charge in [0.15, 0.2) is 5.82 Å². The Bertz CT molecular complexity index is 576. The van der Waals surface area contributed by atoms with Gasteiger partial charge in [0.05, 0.1) is 6.04 Å². The molecule has 100 valence electrons. The number of piperidine rings is 1.